The third-order valence-electron chi connectivity index (χ3n) is 4.47. The van der Waals surface area contributed by atoms with Crippen LogP contribution in [0.2, 0.25) is 0 Å². The highest BCUT2D eigenvalue weighted by atomic mass is 16.2. The maximum atomic E-state index is 12.1. The SMILES string of the molecule is CN1CCN(C(=O)CCC2CCCCN2C)CC1. The molecule has 2 saturated heterocycles. The van der Waals surface area contributed by atoms with Crippen LogP contribution in [0.15, 0.2) is 0 Å². The van der Waals surface area contributed by atoms with Crippen LogP contribution in [0.5, 0.6) is 0 Å². The van der Waals surface area contributed by atoms with E-state index in [-0.39, 0.29) is 0 Å². The van der Waals surface area contributed by atoms with Gasteiger partial charge >= 0.3 is 0 Å². The van der Waals surface area contributed by atoms with Crippen LogP contribution in [0.4, 0.5) is 0 Å². The van der Waals surface area contributed by atoms with Crippen molar-refractivity contribution in [2.24, 2.45) is 0 Å². The van der Waals surface area contributed by atoms with E-state index in [0.717, 1.165) is 39.0 Å². The van der Waals surface area contributed by atoms with Crippen molar-refractivity contribution >= 4 is 5.91 Å². The van der Waals surface area contributed by atoms with E-state index in [1.807, 2.05) is 4.90 Å². The topological polar surface area (TPSA) is 26.8 Å². The maximum absolute atomic E-state index is 12.1. The highest BCUT2D eigenvalue weighted by molar-refractivity contribution is 5.76. The minimum absolute atomic E-state index is 0.363. The van der Waals surface area contributed by atoms with E-state index in [2.05, 4.69) is 23.9 Å². The van der Waals surface area contributed by atoms with Gasteiger partial charge in [-0.25, -0.2) is 0 Å². The number of amides is 1. The summed E-state index contributed by atoms with van der Waals surface area (Å²) in [6.45, 7) is 5.07. The maximum Gasteiger partial charge on any atom is 0.222 e. The molecular weight excluding hydrogens is 226 g/mol. The summed E-state index contributed by atoms with van der Waals surface area (Å²) in [6.07, 6.45) is 5.70. The van der Waals surface area contributed by atoms with Crippen LogP contribution in [0.1, 0.15) is 32.1 Å². The summed E-state index contributed by atoms with van der Waals surface area (Å²) in [4.78, 5) is 18.9. The van der Waals surface area contributed by atoms with Crippen LogP contribution < -0.4 is 0 Å². The number of likely N-dealkylation sites (N-methyl/N-ethyl adjacent to an activating group) is 1. The summed E-state index contributed by atoms with van der Waals surface area (Å²) in [6, 6.07) is 0.634. The molecule has 0 N–H and O–H groups in total. The summed E-state index contributed by atoms with van der Waals surface area (Å²) < 4.78 is 0. The molecule has 1 amide bonds. The first-order chi connectivity index (χ1) is 8.66. The van der Waals surface area contributed by atoms with Crippen molar-refractivity contribution in [1.29, 1.82) is 0 Å². The number of piperazine rings is 1. The Morgan fingerprint density at radius 1 is 1.06 bits per heavy atom. The summed E-state index contributed by atoms with van der Waals surface area (Å²) in [7, 11) is 4.32. The lowest BCUT2D eigenvalue weighted by Crippen LogP contribution is -2.47. The zero-order chi connectivity index (χ0) is 13.0. The molecule has 2 fully saturated rings. The Labute approximate surface area is 111 Å². The Kier molecular flexibility index (Phi) is 5.01. The summed E-state index contributed by atoms with van der Waals surface area (Å²) in [5.41, 5.74) is 0. The monoisotopic (exact) mass is 253 g/mol. The number of carbonyl (C=O) groups is 1. The predicted molar refractivity (Wildman–Crippen MR) is 73.6 cm³/mol. The van der Waals surface area contributed by atoms with Gasteiger partial charge in [0.25, 0.3) is 0 Å². The molecule has 2 aliphatic heterocycles. The molecule has 2 aliphatic rings. The van der Waals surface area contributed by atoms with Gasteiger partial charge in [-0.05, 0) is 39.9 Å². The molecule has 2 rings (SSSR count). The van der Waals surface area contributed by atoms with Crippen molar-refractivity contribution in [3.05, 3.63) is 0 Å². The lowest BCUT2D eigenvalue weighted by atomic mass is 9.98. The predicted octanol–water partition coefficient (Wildman–Crippen LogP) is 1.02. The Morgan fingerprint density at radius 2 is 1.78 bits per heavy atom. The average Bonchev–Trinajstić information content (AvgIpc) is 2.38. The van der Waals surface area contributed by atoms with E-state index in [1.54, 1.807) is 0 Å². The van der Waals surface area contributed by atoms with E-state index in [9.17, 15) is 4.79 Å². The van der Waals surface area contributed by atoms with Gasteiger partial charge in [0.1, 0.15) is 0 Å². The van der Waals surface area contributed by atoms with Gasteiger partial charge in [-0.1, -0.05) is 6.42 Å². The molecule has 4 heteroatoms. The van der Waals surface area contributed by atoms with Crippen molar-refractivity contribution < 1.29 is 4.79 Å². The molecule has 104 valence electrons. The third-order valence-corrected chi connectivity index (χ3v) is 4.47. The Bertz CT molecular complexity index is 274. The fraction of sp³-hybridized carbons (Fsp3) is 0.929. The Hall–Kier alpha value is -0.610. The molecule has 0 aromatic carbocycles. The number of piperidine rings is 1. The van der Waals surface area contributed by atoms with Crippen molar-refractivity contribution in [1.82, 2.24) is 14.7 Å². The first kappa shape index (κ1) is 13.8. The Balaban J connectivity index is 1.70. The molecule has 18 heavy (non-hydrogen) atoms. The summed E-state index contributed by atoms with van der Waals surface area (Å²) in [5, 5.41) is 0. The molecule has 0 radical (unpaired) electrons. The van der Waals surface area contributed by atoms with Gasteiger partial charge in [0.05, 0.1) is 0 Å². The van der Waals surface area contributed by atoms with Crippen LogP contribution in [0.3, 0.4) is 0 Å². The highest BCUT2D eigenvalue weighted by Gasteiger charge is 2.22. The average molecular weight is 253 g/mol. The first-order valence-corrected chi connectivity index (χ1v) is 7.33. The molecular formula is C14H27N3O. The zero-order valence-corrected chi connectivity index (χ0v) is 11.9. The molecule has 4 nitrogen and oxygen atoms in total. The van der Waals surface area contributed by atoms with E-state index < -0.39 is 0 Å². The molecule has 1 atom stereocenters. The van der Waals surface area contributed by atoms with Crippen LogP contribution >= 0.6 is 0 Å². The molecule has 0 spiro atoms. The molecule has 0 bridgehead atoms. The normalized spacial score (nSPS) is 27.4. The van der Waals surface area contributed by atoms with E-state index in [1.165, 1.54) is 25.8 Å². The van der Waals surface area contributed by atoms with E-state index in [4.69, 9.17) is 0 Å². The molecule has 0 aliphatic carbocycles. The second kappa shape index (κ2) is 6.53. The quantitative estimate of drug-likeness (QED) is 0.751. The van der Waals surface area contributed by atoms with Crippen molar-refractivity contribution in [2.75, 3.05) is 46.8 Å². The van der Waals surface area contributed by atoms with Crippen molar-refractivity contribution in [3.63, 3.8) is 0 Å². The molecule has 0 aromatic rings. The zero-order valence-electron chi connectivity index (χ0n) is 11.9. The summed E-state index contributed by atoms with van der Waals surface area (Å²) >= 11 is 0. The van der Waals surface area contributed by atoms with Crippen molar-refractivity contribution in [3.8, 4) is 0 Å². The van der Waals surface area contributed by atoms with Crippen LogP contribution in [-0.2, 0) is 4.79 Å². The fourth-order valence-electron chi connectivity index (χ4n) is 3.01. The van der Waals surface area contributed by atoms with Gasteiger partial charge < -0.3 is 14.7 Å². The highest BCUT2D eigenvalue weighted by Crippen LogP contribution is 2.19. The minimum Gasteiger partial charge on any atom is -0.340 e. The number of rotatable bonds is 3. The standard InChI is InChI=1S/C14H27N3O/c1-15-9-11-17(12-10-15)14(18)7-6-13-5-3-4-8-16(13)2/h13H,3-12H2,1-2H3. The number of carbonyl (C=O) groups excluding carboxylic acids is 1. The smallest absolute Gasteiger partial charge is 0.222 e. The van der Waals surface area contributed by atoms with Crippen molar-refractivity contribution in [2.45, 2.75) is 38.1 Å². The second-order valence-electron chi connectivity index (χ2n) is 5.85. The van der Waals surface area contributed by atoms with Crippen LogP contribution in [0.25, 0.3) is 0 Å². The number of nitrogens with zero attached hydrogens (tertiary/aromatic N) is 3. The molecule has 0 saturated carbocycles. The summed E-state index contributed by atoms with van der Waals surface area (Å²) in [5.74, 6) is 0.363. The number of likely N-dealkylation sites (tertiary alicyclic amines) is 1. The first-order valence-electron chi connectivity index (χ1n) is 7.33. The van der Waals surface area contributed by atoms with E-state index in [0.29, 0.717) is 11.9 Å². The molecule has 0 aromatic heterocycles. The minimum atomic E-state index is 0.363. The fourth-order valence-corrected chi connectivity index (χ4v) is 3.01. The largest absolute Gasteiger partial charge is 0.340 e. The van der Waals surface area contributed by atoms with Crippen LogP contribution in [-0.4, -0.2) is 73.5 Å². The Morgan fingerprint density at radius 3 is 2.44 bits per heavy atom. The lowest BCUT2D eigenvalue weighted by Gasteiger charge is -2.35. The lowest BCUT2D eigenvalue weighted by molar-refractivity contribution is -0.133. The molecule has 1 unspecified atom stereocenters. The van der Waals surface area contributed by atoms with Gasteiger partial charge in [-0.3, -0.25) is 4.79 Å². The van der Waals surface area contributed by atoms with E-state index >= 15 is 0 Å². The number of hydrogen-bond donors (Lipinski definition) is 0. The van der Waals surface area contributed by atoms with Gasteiger partial charge in [0, 0.05) is 38.6 Å². The van der Waals surface area contributed by atoms with Gasteiger partial charge in [0.2, 0.25) is 5.91 Å². The third kappa shape index (κ3) is 3.69. The molecule has 2 heterocycles. The van der Waals surface area contributed by atoms with Gasteiger partial charge in [-0.15, -0.1) is 0 Å². The second-order valence-corrected chi connectivity index (χ2v) is 5.85. The van der Waals surface area contributed by atoms with Gasteiger partial charge in [-0.2, -0.15) is 0 Å². The number of hydrogen-bond acceptors (Lipinski definition) is 3. The van der Waals surface area contributed by atoms with Crippen LogP contribution in [0, 0.1) is 0 Å². The van der Waals surface area contributed by atoms with Gasteiger partial charge in [0.15, 0.2) is 0 Å².